The number of nitrogens with two attached hydrogens (primary N) is 1. The summed E-state index contributed by atoms with van der Waals surface area (Å²) in [5.41, 5.74) is 9.44. The SMILES string of the molecule is COc1c(C)c(C)cc(C)c1C(N)Cl. The molecule has 0 saturated heterocycles. The van der Waals surface area contributed by atoms with Gasteiger partial charge in [0.05, 0.1) is 7.11 Å². The van der Waals surface area contributed by atoms with Gasteiger partial charge in [-0.25, -0.2) is 0 Å². The van der Waals surface area contributed by atoms with Crippen LogP contribution in [-0.4, -0.2) is 7.11 Å². The zero-order valence-corrected chi connectivity index (χ0v) is 9.77. The van der Waals surface area contributed by atoms with E-state index in [0.717, 1.165) is 22.4 Å². The van der Waals surface area contributed by atoms with Crippen LogP contribution in [0.1, 0.15) is 27.8 Å². The van der Waals surface area contributed by atoms with E-state index in [1.807, 2.05) is 20.8 Å². The van der Waals surface area contributed by atoms with Crippen LogP contribution in [0.4, 0.5) is 0 Å². The van der Waals surface area contributed by atoms with Gasteiger partial charge in [0, 0.05) is 5.56 Å². The Morgan fingerprint density at radius 3 is 2.29 bits per heavy atom. The van der Waals surface area contributed by atoms with E-state index in [4.69, 9.17) is 22.1 Å². The Kier molecular flexibility index (Phi) is 3.40. The summed E-state index contributed by atoms with van der Waals surface area (Å²) in [6.45, 7) is 6.05. The fraction of sp³-hybridized carbons (Fsp3) is 0.455. The van der Waals surface area contributed by atoms with Crippen molar-refractivity contribution in [2.24, 2.45) is 5.73 Å². The van der Waals surface area contributed by atoms with Gasteiger partial charge in [-0.2, -0.15) is 0 Å². The highest BCUT2D eigenvalue weighted by atomic mass is 35.5. The van der Waals surface area contributed by atoms with Crippen LogP contribution in [-0.2, 0) is 0 Å². The molecule has 78 valence electrons. The molecule has 0 aliphatic heterocycles. The molecule has 0 fully saturated rings. The fourth-order valence-electron chi connectivity index (χ4n) is 1.68. The maximum atomic E-state index is 5.91. The van der Waals surface area contributed by atoms with Gasteiger partial charge in [-0.3, -0.25) is 0 Å². The summed E-state index contributed by atoms with van der Waals surface area (Å²) in [5.74, 6) is 0.810. The second-order valence-corrected chi connectivity index (χ2v) is 3.95. The maximum absolute atomic E-state index is 5.91. The largest absolute Gasteiger partial charge is 0.496 e. The second kappa shape index (κ2) is 4.20. The molecule has 0 aliphatic rings. The molecule has 2 N–H and O–H groups in total. The van der Waals surface area contributed by atoms with Crippen LogP contribution < -0.4 is 10.5 Å². The molecule has 0 amide bonds. The maximum Gasteiger partial charge on any atom is 0.128 e. The van der Waals surface area contributed by atoms with E-state index in [-0.39, 0.29) is 0 Å². The molecule has 1 rings (SSSR count). The van der Waals surface area contributed by atoms with Crippen molar-refractivity contribution in [2.75, 3.05) is 7.11 Å². The Bertz CT molecular complexity index is 348. The number of benzene rings is 1. The number of alkyl halides is 1. The molecule has 0 heterocycles. The van der Waals surface area contributed by atoms with Gasteiger partial charge in [0.15, 0.2) is 0 Å². The van der Waals surface area contributed by atoms with E-state index >= 15 is 0 Å². The normalized spacial score (nSPS) is 12.7. The topological polar surface area (TPSA) is 35.2 Å². The van der Waals surface area contributed by atoms with Gasteiger partial charge >= 0.3 is 0 Å². The van der Waals surface area contributed by atoms with Gasteiger partial charge in [0.1, 0.15) is 11.3 Å². The molecular formula is C11H16ClNO. The Morgan fingerprint density at radius 2 is 1.86 bits per heavy atom. The van der Waals surface area contributed by atoms with E-state index in [1.54, 1.807) is 7.11 Å². The Labute approximate surface area is 90.0 Å². The minimum atomic E-state index is -0.510. The number of halogens is 1. The van der Waals surface area contributed by atoms with Crippen LogP contribution in [0.25, 0.3) is 0 Å². The number of rotatable bonds is 2. The first-order valence-corrected chi connectivity index (χ1v) is 4.97. The lowest BCUT2D eigenvalue weighted by atomic mass is 9.99. The van der Waals surface area contributed by atoms with Crippen LogP contribution in [0.2, 0.25) is 0 Å². The summed E-state index contributed by atoms with van der Waals surface area (Å²) < 4.78 is 5.33. The average Bonchev–Trinajstić information content (AvgIpc) is 2.09. The Hall–Kier alpha value is -0.730. The fourth-order valence-corrected chi connectivity index (χ4v) is 1.95. The number of ether oxygens (including phenoxy) is 1. The van der Waals surface area contributed by atoms with Gasteiger partial charge in [0.2, 0.25) is 0 Å². The van der Waals surface area contributed by atoms with Crippen molar-refractivity contribution in [1.82, 2.24) is 0 Å². The molecule has 2 nitrogen and oxygen atoms in total. The minimum absolute atomic E-state index is 0.510. The zero-order valence-electron chi connectivity index (χ0n) is 9.02. The summed E-state index contributed by atoms with van der Waals surface area (Å²) in [7, 11) is 1.64. The highest BCUT2D eigenvalue weighted by Gasteiger charge is 2.16. The van der Waals surface area contributed by atoms with Gasteiger partial charge < -0.3 is 10.5 Å². The summed E-state index contributed by atoms with van der Waals surface area (Å²) in [5, 5.41) is 0. The van der Waals surface area contributed by atoms with Crippen LogP contribution in [0.3, 0.4) is 0 Å². The first-order chi connectivity index (χ1) is 6.49. The number of hydrogen-bond donors (Lipinski definition) is 1. The van der Waals surface area contributed by atoms with E-state index in [1.165, 1.54) is 5.56 Å². The molecule has 14 heavy (non-hydrogen) atoms. The van der Waals surface area contributed by atoms with E-state index in [2.05, 4.69) is 6.07 Å². The molecule has 0 radical (unpaired) electrons. The predicted molar refractivity (Wildman–Crippen MR) is 60.0 cm³/mol. The lowest BCUT2D eigenvalue weighted by Crippen LogP contribution is -2.08. The molecule has 0 bridgehead atoms. The van der Waals surface area contributed by atoms with Crippen molar-refractivity contribution < 1.29 is 4.74 Å². The summed E-state index contributed by atoms with van der Waals surface area (Å²) in [4.78, 5) is 0. The standard InChI is InChI=1S/C11H16ClNO/c1-6-5-7(2)9(11(12)13)10(14-4)8(6)3/h5,11H,13H2,1-4H3. The molecule has 0 aromatic heterocycles. The molecule has 0 aliphatic carbocycles. The van der Waals surface area contributed by atoms with Gasteiger partial charge in [-0.05, 0) is 37.5 Å². The van der Waals surface area contributed by atoms with Crippen molar-refractivity contribution >= 4 is 11.6 Å². The van der Waals surface area contributed by atoms with E-state index < -0.39 is 5.50 Å². The Balaban J connectivity index is 3.47. The van der Waals surface area contributed by atoms with Gasteiger partial charge in [-0.1, -0.05) is 6.07 Å². The van der Waals surface area contributed by atoms with Crippen molar-refractivity contribution in [3.63, 3.8) is 0 Å². The third kappa shape index (κ3) is 1.86. The quantitative estimate of drug-likeness (QED) is 0.606. The van der Waals surface area contributed by atoms with Crippen molar-refractivity contribution in [1.29, 1.82) is 0 Å². The zero-order chi connectivity index (χ0) is 10.9. The first-order valence-electron chi connectivity index (χ1n) is 4.53. The molecule has 0 spiro atoms. The first kappa shape index (κ1) is 11.3. The number of aryl methyl sites for hydroxylation is 2. The monoisotopic (exact) mass is 213 g/mol. The summed E-state index contributed by atoms with van der Waals surface area (Å²) in [6.07, 6.45) is 0. The van der Waals surface area contributed by atoms with Crippen molar-refractivity contribution in [2.45, 2.75) is 26.3 Å². The van der Waals surface area contributed by atoms with Gasteiger partial charge in [0.25, 0.3) is 0 Å². The summed E-state index contributed by atoms with van der Waals surface area (Å²) >= 11 is 5.91. The lowest BCUT2D eigenvalue weighted by molar-refractivity contribution is 0.405. The smallest absolute Gasteiger partial charge is 0.128 e. The molecule has 1 atom stereocenters. The second-order valence-electron chi connectivity index (χ2n) is 3.48. The number of hydrogen-bond acceptors (Lipinski definition) is 2. The van der Waals surface area contributed by atoms with Crippen molar-refractivity contribution in [3.05, 3.63) is 28.3 Å². The van der Waals surface area contributed by atoms with Crippen LogP contribution in [0.15, 0.2) is 6.07 Å². The molecular weight excluding hydrogens is 198 g/mol. The molecule has 1 unspecified atom stereocenters. The Morgan fingerprint density at radius 1 is 1.29 bits per heavy atom. The van der Waals surface area contributed by atoms with Crippen LogP contribution in [0, 0.1) is 20.8 Å². The van der Waals surface area contributed by atoms with Crippen molar-refractivity contribution in [3.8, 4) is 5.75 Å². The molecule has 1 aromatic rings. The highest BCUT2D eigenvalue weighted by Crippen LogP contribution is 2.34. The lowest BCUT2D eigenvalue weighted by Gasteiger charge is -2.17. The van der Waals surface area contributed by atoms with Gasteiger partial charge in [-0.15, -0.1) is 11.6 Å². The third-order valence-electron chi connectivity index (χ3n) is 2.51. The molecule has 0 saturated carbocycles. The van der Waals surface area contributed by atoms with E-state index in [0.29, 0.717) is 0 Å². The van der Waals surface area contributed by atoms with E-state index in [9.17, 15) is 0 Å². The average molecular weight is 214 g/mol. The van der Waals surface area contributed by atoms with Crippen LogP contribution >= 0.6 is 11.6 Å². The van der Waals surface area contributed by atoms with Crippen LogP contribution in [0.5, 0.6) is 5.75 Å². The molecule has 3 heteroatoms. The minimum Gasteiger partial charge on any atom is -0.496 e. The highest BCUT2D eigenvalue weighted by molar-refractivity contribution is 6.20. The summed E-state index contributed by atoms with van der Waals surface area (Å²) in [6, 6.07) is 2.08. The third-order valence-corrected chi connectivity index (χ3v) is 2.73. The number of methoxy groups -OCH3 is 1. The molecule has 1 aromatic carbocycles. The predicted octanol–water partition coefficient (Wildman–Crippen LogP) is 2.82.